The molecule has 132 valence electrons. The van der Waals surface area contributed by atoms with Gasteiger partial charge in [0.05, 0.1) is 29.8 Å². The van der Waals surface area contributed by atoms with Crippen LogP contribution in [0.3, 0.4) is 0 Å². The van der Waals surface area contributed by atoms with Gasteiger partial charge in [-0.25, -0.2) is 0 Å². The Hall–Kier alpha value is -2.53. The summed E-state index contributed by atoms with van der Waals surface area (Å²) in [7, 11) is 1.55. The summed E-state index contributed by atoms with van der Waals surface area (Å²) in [5.41, 5.74) is 0.727. The third kappa shape index (κ3) is 4.97. The molecule has 7 nitrogen and oxygen atoms in total. The van der Waals surface area contributed by atoms with Crippen LogP contribution in [0, 0.1) is 11.3 Å². The van der Waals surface area contributed by atoms with Crippen LogP contribution in [-0.2, 0) is 19.1 Å². The molecule has 0 saturated heterocycles. The molecule has 2 rings (SSSR count). The van der Waals surface area contributed by atoms with Crippen LogP contribution in [0.4, 0.5) is 5.69 Å². The van der Waals surface area contributed by atoms with Crippen LogP contribution < -0.4 is 5.32 Å². The van der Waals surface area contributed by atoms with Crippen LogP contribution in [-0.4, -0.2) is 47.6 Å². The van der Waals surface area contributed by atoms with Gasteiger partial charge in [-0.1, -0.05) is 12.1 Å². The summed E-state index contributed by atoms with van der Waals surface area (Å²) >= 11 is 1.30. The molecule has 0 saturated carbocycles. The Kier molecular flexibility index (Phi) is 6.42. The van der Waals surface area contributed by atoms with Crippen LogP contribution in [0.1, 0.15) is 19.8 Å². The molecule has 0 aromatic heterocycles. The van der Waals surface area contributed by atoms with Gasteiger partial charge in [-0.3, -0.25) is 14.4 Å². The number of carbonyl (C=O) groups excluding carboxylic acids is 3. The van der Waals surface area contributed by atoms with E-state index in [9.17, 15) is 14.4 Å². The first-order valence-electron chi connectivity index (χ1n) is 7.80. The predicted molar refractivity (Wildman–Crippen MR) is 92.8 cm³/mol. The lowest BCUT2D eigenvalue weighted by Gasteiger charge is -2.24. The van der Waals surface area contributed by atoms with E-state index in [4.69, 9.17) is 10.00 Å². The van der Waals surface area contributed by atoms with Gasteiger partial charge in [0.15, 0.2) is 6.10 Å². The molecular weight excluding hydrogens is 342 g/mol. The van der Waals surface area contributed by atoms with Gasteiger partial charge in [-0.2, -0.15) is 5.26 Å². The SMILES string of the molecule is C[C@@H](OC(=O)C[C@H]1Sc2ccccc2NC1=O)C(=O)N(C)CCC#N. The zero-order chi connectivity index (χ0) is 18.4. The number of nitrogens with zero attached hydrogens (tertiary/aromatic N) is 2. The number of carbonyl (C=O) groups is 3. The van der Waals surface area contributed by atoms with Crippen molar-refractivity contribution in [3.63, 3.8) is 0 Å². The highest BCUT2D eigenvalue weighted by atomic mass is 32.2. The van der Waals surface area contributed by atoms with E-state index in [1.54, 1.807) is 13.1 Å². The highest BCUT2D eigenvalue weighted by Gasteiger charge is 2.30. The maximum atomic E-state index is 12.1. The fourth-order valence-corrected chi connectivity index (χ4v) is 3.41. The van der Waals surface area contributed by atoms with Crippen molar-refractivity contribution in [2.24, 2.45) is 0 Å². The van der Waals surface area contributed by atoms with E-state index in [1.165, 1.54) is 23.6 Å². The van der Waals surface area contributed by atoms with Crippen molar-refractivity contribution in [1.29, 1.82) is 5.26 Å². The Balaban J connectivity index is 1.89. The molecule has 2 atom stereocenters. The zero-order valence-electron chi connectivity index (χ0n) is 14.0. The van der Waals surface area contributed by atoms with Crippen LogP contribution in [0.2, 0.25) is 0 Å². The van der Waals surface area contributed by atoms with Crippen molar-refractivity contribution in [3.8, 4) is 6.07 Å². The summed E-state index contributed by atoms with van der Waals surface area (Å²) < 4.78 is 5.15. The molecular formula is C17H19N3O4S. The average molecular weight is 361 g/mol. The highest BCUT2D eigenvalue weighted by molar-refractivity contribution is 8.01. The molecule has 1 N–H and O–H groups in total. The van der Waals surface area contributed by atoms with E-state index in [-0.39, 0.29) is 31.2 Å². The normalized spacial score (nSPS) is 16.8. The number of hydrogen-bond acceptors (Lipinski definition) is 6. The van der Waals surface area contributed by atoms with Gasteiger partial charge < -0.3 is 15.0 Å². The van der Waals surface area contributed by atoms with E-state index in [1.807, 2.05) is 24.3 Å². The van der Waals surface area contributed by atoms with E-state index in [2.05, 4.69) is 5.32 Å². The van der Waals surface area contributed by atoms with Crippen molar-refractivity contribution in [2.75, 3.05) is 18.9 Å². The molecule has 0 aliphatic carbocycles. The van der Waals surface area contributed by atoms with Gasteiger partial charge in [-0.15, -0.1) is 11.8 Å². The van der Waals surface area contributed by atoms with Crippen molar-refractivity contribution < 1.29 is 19.1 Å². The minimum atomic E-state index is -0.958. The Morgan fingerprint density at radius 2 is 2.16 bits per heavy atom. The van der Waals surface area contributed by atoms with Gasteiger partial charge >= 0.3 is 5.97 Å². The topological polar surface area (TPSA) is 99.5 Å². The van der Waals surface area contributed by atoms with Crippen molar-refractivity contribution >= 4 is 35.2 Å². The summed E-state index contributed by atoms with van der Waals surface area (Å²) in [6.45, 7) is 1.75. The average Bonchev–Trinajstić information content (AvgIpc) is 2.59. The standard InChI is InChI=1S/C17H19N3O4S/c1-11(17(23)20(2)9-5-8-18)24-15(21)10-14-16(22)19-12-6-3-4-7-13(12)25-14/h3-4,6-7,11,14H,5,9-10H2,1-2H3,(H,19,22)/t11-,14-/m1/s1. The summed E-state index contributed by atoms with van der Waals surface area (Å²) in [6.07, 6.45) is -0.869. The number of para-hydroxylation sites is 1. The Labute approximate surface area is 150 Å². The molecule has 0 fully saturated rings. The number of hydrogen-bond donors (Lipinski definition) is 1. The third-order valence-electron chi connectivity index (χ3n) is 3.65. The van der Waals surface area contributed by atoms with Crippen LogP contribution in [0.5, 0.6) is 0 Å². The molecule has 1 heterocycles. The van der Waals surface area contributed by atoms with Crippen molar-refractivity contribution in [2.45, 2.75) is 36.0 Å². The number of ether oxygens (including phenoxy) is 1. The van der Waals surface area contributed by atoms with E-state index >= 15 is 0 Å². The number of nitriles is 1. The second kappa shape index (κ2) is 8.53. The number of thioether (sulfide) groups is 1. The second-order valence-corrected chi connectivity index (χ2v) is 6.84. The predicted octanol–water partition coefficient (Wildman–Crippen LogP) is 1.79. The van der Waals surface area contributed by atoms with Gasteiger partial charge in [0.1, 0.15) is 0 Å². The van der Waals surface area contributed by atoms with Crippen LogP contribution in [0.25, 0.3) is 0 Å². The summed E-state index contributed by atoms with van der Waals surface area (Å²) in [6, 6.07) is 9.30. The van der Waals surface area contributed by atoms with Gasteiger partial charge in [0.2, 0.25) is 5.91 Å². The van der Waals surface area contributed by atoms with Crippen molar-refractivity contribution in [1.82, 2.24) is 4.90 Å². The summed E-state index contributed by atoms with van der Waals surface area (Å²) in [5.74, 6) is -1.25. The van der Waals surface area contributed by atoms with E-state index in [0.29, 0.717) is 0 Å². The van der Waals surface area contributed by atoms with Gasteiger partial charge in [-0.05, 0) is 19.1 Å². The molecule has 2 amide bonds. The molecule has 1 aromatic carbocycles. The number of benzene rings is 1. The number of amides is 2. The summed E-state index contributed by atoms with van der Waals surface area (Å²) in [4.78, 5) is 38.5. The summed E-state index contributed by atoms with van der Waals surface area (Å²) in [5, 5.41) is 10.7. The highest BCUT2D eigenvalue weighted by Crippen LogP contribution is 2.36. The third-order valence-corrected chi connectivity index (χ3v) is 4.93. The molecule has 8 heteroatoms. The van der Waals surface area contributed by atoms with E-state index < -0.39 is 17.3 Å². The number of anilines is 1. The van der Waals surface area contributed by atoms with Crippen LogP contribution in [0.15, 0.2) is 29.2 Å². The molecule has 0 bridgehead atoms. The maximum absolute atomic E-state index is 12.1. The number of likely N-dealkylation sites (N-methyl/N-ethyl adjacent to an activating group) is 1. The molecule has 1 aromatic rings. The fraction of sp³-hybridized carbons (Fsp3) is 0.412. The van der Waals surface area contributed by atoms with Crippen molar-refractivity contribution in [3.05, 3.63) is 24.3 Å². The minimum absolute atomic E-state index is 0.121. The largest absolute Gasteiger partial charge is 0.452 e. The molecule has 1 aliphatic heterocycles. The lowest BCUT2D eigenvalue weighted by atomic mass is 10.2. The lowest BCUT2D eigenvalue weighted by Crippen LogP contribution is -2.39. The van der Waals surface area contributed by atoms with Gasteiger partial charge in [0, 0.05) is 18.5 Å². The Morgan fingerprint density at radius 1 is 1.44 bits per heavy atom. The minimum Gasteiger partial charge on any atom is -0.452 e. The second-order valence-electron chi connectivity index (χ2n) is 5.60. The Bertz CT molecular complexity index is 716. The molecule has 0 radical (unpaired) electrons. The Morgan fingerprint density at radius 3 is 2.88 bits per heavy atom. The quantitative estimate of drug-likeness (QED) is 0.776. The first-order valence-corrected chi connectivity index (χ1v) is 8.68. The molecule has 1 aliphatic rings. The zero-order valence-corrected chi connectivity index (χ0v) is 14.8. The number of nitrogens with one attached hydrogen (secondary N) is 1. The van der Waals surface area contributed by atoms with Crippen LogP contribution >= 0.6 is 11.8 Å². The monoisotopic (exact) mass is 361 g/mol. The molecule has 0 unspecified atom stereocenters. The number of rotatable bonds is 6. The van der Waals surface area contributed by atoms with Gasteiger partial charge in [0.25, 0.3) is 5.91 Å². The van der Waals surface area contributed by atoms with E-state index in [0.717, 1.165) is 10.6 Å². The molecule has 25 heavy (non-hydrogen) atoms. The lowest BCUT2D eigenvalue weighted by molar-refractivity contribution is -0.158. The number of esters is 1. The fourth-order valence-electron chi connectivity index (χ4n) is 2.31. The molecule has 0 spiro atoms. The first kappa shape index (κ1) is 18.8. The maximum Gasteiger partial charge on any atom is 0.308 e. The first-order chi connectivity index (χ1) is 11.9. The number of fused-ring (bicyclic) bond motifs is 1. The smallest absolute Gasteiger partial charge is 0.308 e.